The molecular weight excluding hydrogens is 224 g/mol. The van der Waals surface area contributed by atoms with E-state index in [4.69, 9.17) is 22.7 Å². The molecule has 0 aromatic rings. The van der Waals surface area contributed by atoms with Crippen LogP contribution in [0.5, 0.6) is 0 Å². The van der Waals surface area contributed by atoms with E-state index < -0.39 is 5.60 Å². The van der Waals surface area contributed by atoms with E-state index in [9.17, 15) is 4.79 Å². The van der Waals surface area contributed by atoms with Crippen molar-refractivity contribution < 1.29 is 9.53 Å². The van der Waals surface area contributed by atoms with Crippen LogP contribution < -0.4 is 11.1 Å². The zero-order chi connectivity index (χ0) is 13.0. The zero-order valence-corrected chi connectivity index (χ0v) is 11.5. The van der Waals surface area contributed by atoms with E-state index in [1.165, 1.54) is 0 Å². The Hall–Kier alpha value is -0.680. The number of rotatable bonds is 6. The molecule has 0 bridgehead atoms. The zero-order valence-electron chi connectivity index (χ0n) is 10.7. The van der Waals surface area contributed by atoms with Gasteiger partial charge < -0.3 is 15.8 Å². The second-order valence-electron chi connectivity index (χ2n) is 5.17. The minimum absolute atomic E-state index is 0.0591. The number of hydrogen-bond acceptors (Lipinski definition) is 3. The molecule has 0 atom stereocenters. The first-order valence-electron chi connectivity index (χ1n) is 5.22. The van der Waals surface area contributed by atoms with Crippen molar-refractivity contribution in [2.75, 3.05) is 13.7 Å². The SMILES string of the molecule is COC(C)(C)CC(=O)NCC(C)(C)C(N)=S. The number of thiocarbonyl (C=S) groups is 1. The molecule has 0 aliphatic carbocycles. The Morgan fingerprint density at radius 2 is 1.88 bits per heavy atom. The Kier molecular flexibility index (Phi) is 5.35. The second kappa shape index (κ2) is 5.59. The van der Waals surface area contributed by atoms with Gasteiger partial charge in [-0.2, -0.15) is 0 Å². The summed E-state index contributed by atoms with van der Waals surface area (Å²) in [4.78, 5) is 12.0. The van der Waals surface area contributed by atoms with Gasteiger partial charge in [-0.15, -0.1) is 0 Å². The number of carbonyl (C=O) groups is 1. The number of ether oxygens (including phenoxy) is 1. The lowest BCUT2D eigenvalue weighted by molar-refractivity contribution is -0.126. The highest BCUT2D eigenvalue weighted by molar-refractivity contribution is 7.80. The van der Waals surface area contributed by atoms with E-state index in [-0.39, 0.29) is 11.3 Å². The van der Waals surface area contributed by atoms with Gasteiger partial charge in [0.15, 0.2) is 0 Å². The minimum atomic E-state index is -0.447. The molecule has 0 spiro atoms. The molecule has 0 radical (unpaired) electrons. The lowest BCUT2D eigenvalue weighted by Crippen LogP contribution is -2.43. The van der Waals surface area contributed by atoms with Crippen LogP contribution in [0.3, 0.4) is 0 Å². The summed E-state index contributed by atoms with van der Waals surface area (Å²) >= 11 is 4.92. The van der Waals surface area contributed by atoms with E-state index in [0.29, 0.717) is 18.0 Å². The first-order valence-corrected chi connectivity index (χ1v) is 5.63. The molecule has 0 heterocycles. The fourth-order valence-electron chi connectivity index (χ4n) is 0.928. The van der Waals surface area contributed by atoms with E-state index >= 15 is 0 Å². The molecule has 4 nitrogen and oxygen atoms in total. The van der Waals surface area contributed by atoms with Crippen molar-refractivity contribution in [3.05, 3.63) is 0 Å². The smallest absolute Gasteiger partial charge is 0.222 e. The molecule has 5 heteroatoms. The van der Waals surface area contributed by atoms with Crippen LogP contribution in [0.2, 0.25) is 0 Å². The van der Waals surface area contributed by atoms with Gasteiger partial charge in [0.05, 0.1) is 17.0 Å². The molecule has 0 aliphatic heterocycles. The summed E-state index contributed by atoms with van der Waals surface area (Å²) in [6, 6.07) is 0. The molecule has 0 rings (SSSR count). The summed E-state index contributed by atoms with van der Waals surface area (Å²) in [6.07, 6.45) is 0.316. The summed E-state index contributed by atoms with van der Waals surface area (Å²) in [7, 11) is 1.59. The summed E-state index contributed by atoms with van der Waals surface area (Å²) in [6.45, 7) is 7.98. The van der Waals surface area contributed by atoms with Gasteiger partial charge in [-0.3, -0.25) is 4.79 Å². The van der Waals surface area contributed by atoms with Crippen LogP contribution in [-0.4, -0.2) is 30.2 Å². The summed E-state index contributed by atoms with van der Waals surface area (Å²) in [5.74, 6) is -0.0591. The Balaban J connectivity index is 4.14. The third-order valence-corrected chi connectivity index (χ3v) is 3.09. The monoisotopic (exact) mass is 246 g/mol. The van der Waals surface area contributed by atoms with Crippen molar-refractivity contribution in [1.29, 1.82) is 0 Å². The Bertz CT molecular complexity index is 275. The van der Waals surface area contributed by atoms with Crippen LogP contribution >= 0.6 is 12.2 Å². The standard InChI is InChI=1S/C11H22N2O2S/c1-10(2,9(12)16)7-13-8(14)6-11(3,4)15-5/h6-7H2,1-5H3,(H2,12,16)(H,13,14). The number of amides is 1. The fourth-order valence-corrected chi connectivity index (χ4v) is 1.00. The summed E-state index contributed by atoms with van der Waals surface area (Å²) in [5.41, 5.74) is 4.76. The molecule has 16 heavy (non-hydrogen) atoms. The summed E-state index contributed by atoms with van der Waals surface area (Å²) < 4.78 is 5.18. The van der Waals surface area contributed by atoms with Crippen molar-refractivity contribution in [2.24, 2.45) is 11.1 Å². The van der Waals surface area contributed by atoms with E-state index in [0.717, 1.165) is 0 Å². The van der Waals surface area contributed by atoms with E-state index in [1.54, 1.807) is 7.11 Å². The van der Waals surface area contributed by atoms with Crippen LogP contribution in [0.15, 0.2) is 0 Å². The normalized spacial score (nSPS) is 12.3. The molecule has 0 saturated carbocycles. The predicted molar refractivity (Wildman–Crippen MR) is 69.3 cm³/mol. The van der Waals surface area contributed by atoms with Gasteiger partial charge in [0, 0.05) is 19.1 Å². The first kappa shape index (κ1) is 15.3. The highest BCUT2D eigenvalue weighted by atomic mass is 32.1. The van der Waals surface area contributed by atoms with E-state index in [1.807, 2.05) is 27.7 Å². The maximum atomic E-state index is 11.6. The van der Waals surface area contributed by atoms with Crippen LogP contribution in [0.25, 0.3) is 0 Å². The minimum Gasteiger partial charge on any atom is -0.393 e. The highest BCUT2D eigenvalue weighted by Crippen LogP contribution is 2.15. The van der Waals surface area contributed by atoms with E-state index in [2.05, 4.69) is 5.32 Å². The molecule has 1 amide bonds. The third-order valence-electron chi connectivity index (χ3n) is 2.53. The molecule has 0 unspecified atom stereocenters. The predicted octanol–water partition coefficient (Wildman–Crippen LogP) is 1.23. The lowest BCUT2D eigenvalue weighted by atomic mass is 9.93. The van der Waals surface area contributed by atoms with Gasteiger partial charge in [-0.1, -0.05) is 26.1 Å². The van der Waals surface area contributed by atoms with Crippen molar-refractivity contribution >= 4 is 23.1 Å². The number of hydrogen-bond donors (Lipinski definition) is 2. The van der Waals surface area contributed by atoms with Crippen molar-refractivity contribution in [3.8, 4) is 0 Å². The molecule has 0 aromatic heterocycles. The van der Waals surface area contributed by atoms with Gasteiger partial charge >= 0.3 is 0 Å². The highest BCUT2D eigenvalue weighted by Gasteiger charge is 2.25. The van der Waals surface area contributed by atoms with Gasteiger partial charge in [-0.05, 0) is 13.8 Å². The Morgan fingerprint density at radius 3 is 2.25 bits per heavy atom. The molecule has 3 N–H and O–H groups in total. The summed E-state index contributed by atoms with van der Waals surface area (Å²) in [5, 5.41) is 2.81. The van der Waals surface area contributed by atoms with Crippen molar-refractivity contribution in [1.82, 2.24) is 5.32 Å². The number of nitrogens with one attached hydrogen (secondary N) is 1. The lowest BCUT2D eigenvalue weighted by Gasteiger charge is -2.26. The Morgan fingerprint density at radius 1 is 1.38 bits per heavy atom. The second-order valence-corrected chi connectivity index (χ2v) is 5.61. The number of carbonyl (C=O) groups excluding carboxylic acids is 1. The molecule has 94 valence electrons. The van der Waals surface area contributed by atoms with Gasteiger partial charge in [0.25, 0.3) is 0 Å². The largest absolute Gasteiger partial charge is 0.393 e. The first-order chi connectivity index (χ1) is 7.10. The molecule has 0 aliphatic rings. The topological polar surface area (TPSA) is 64.3 Å². The number of methoxy groups -OCH3 is 1. The Labute approximate surface area is 103 Å². The van der Waals surface area contributed by atoms with Crippen LogP contribution in [0.4, 0.5) is 0 Å². The molecular formula is C11H22N2O2S. The van der Waals surface area contributed by atoms with Gasteiger partial charge in [0.2, 0.25) is 5.91 Å². The van der Waals surface area contributed by atoms with Crippen molar-refractivity contribution in [2.45, 2.75) is 39.7 Å². The number of nitrogens with two attached hydrogens (primary N) is 1. The quantitative estimate of drug-likeness (QED) is 0.692. The molecule has 0 fully saturated rings. The van der Waals surface area contributed by atoms with Crippen LogP contribution in [0, 0.1) is 5.41 Å². The average molecular weight is 246 g/mol. The average Bonchev–Trinajstić information content (AvgIpc) is 2.14. The maximum absolute atomic E-state index is 11.6. The van der Waals surface area contributed by atoms with Crippen molar-refractivity contribution in [3.63, 3.8) is 0 Å². The van der Waals surface area contributed by atoms with Gasteiger partial charge in [0.1, 0.15) is 0 Å². The third kappa shape index (κ3) is 5.42. The van der Waals surface area contributed by atoms with Crippen LogP contribution in [0.1, 0.15) is 34.1 Å². The van der Waals surface area contributed by atoms with Gasteiger partial charge in [-0.25, -0.2) is 0 Å². The maximum Gasteiger partial charge on any atom is 0.222 e. The molecule has 0 saturated heterocycles. The fraction of sp³-hybridized carbons (Fsp3) is 0.818. The molecule has 0 aromatic carbocycles. The van der Waals surface area contributed by atoms with Crippen LogP contribution in [-0.2, 0) is 9.53 Å².